The van der Waals surface area contributed by atoms with Crippen molar-refractivity contribution in [1.82, 2.24) is 20.6 Å². The highest BCUT2D eigenvalue weighted by Crippen LogP contribution is 2.30. The number of carbonyl (C=O) groups is 4. The highest BCUT2D eigenvalue weighted by molar-refractivity contribution is 6.34. The van der Waals surface area contributed by atoms with Crippen LogP contribution in [0.1, 0.15) is 83.4 Å². The lowest BCUT2D eigenvalue weighted by atomic mass is 9.81. The minimum absolute atomic E-state index is 0.0463. The average molecular weight is 637 g/mol. The van der Waals surface area contributed by atoms with Gasteiger partial charge in [-0.25, -0.2) is 9.78 Å². The van der Waals surface area contributed by atoms with Gasteiger partial charge in [-0.1, -0.05) is 82.4 Å². The number of rotatable bonds is 19. The number of benzene rings is 1. The largest absolute Gasteiger partial charge is 0.460 e. The van der Waals surface area contributed by atoms with Gasteiger partial charge in [0.15, 0.2) is 0 Å². The summed E-state index contributed by atoms with van der Waals surface area (Å²) in [5.41, 5.74) is 1.38. The number of aromatic amines is 1. The molecule has 252 valence electrons. The molecule has 5 atom stereocenters. The third-order valence-electron chi connectivity index (χ3n) is 9.01. The monoisotopic (exact) mass is 636 g/mol. The molecule has 10 nitrogen and oxygen atoms in total. The van der Waals surface area contributed by atoms with Gasteiger partial charge >= 0.3 is 5.97 Å². The fraction of sp³-hybridized carbons (Fsp3) is 0.583. The topological polar surface area (TPSA) is 150 Å². The SMILES string of the molecule is C=C[C@@H](C[C@@H](O)[C@H](CC1CCCCC1)NC(=O)[C@H](Cc1c[nH]cn1)NC(=O)[C@@H](CC(=O)C(=O)OCC)Cc1ccccc1)C(C)C. The molecule has 0 radical (unpaired) electrons. The number of carbonyl (C=O) groups excluding carboxylic acids is 4. The third-order valence-corrected chi connectivity index (χ3v) is 9.01. The van der Waals surface area contributed by atoms with Crippen molar-refractivity contribution in [3.8, 4) is 0 Å². The van der Waals surface area contributed by atoms with E-state index >= 15 is 0 Å². The fourth-order valence-electron chi connectivity index (χ4n) is 6.25. The number of ether oxygens (including phenoxy) is 1. The summed E-state index contributed by atoms with van der Waals surface area (Å²) in [4.78, 5) is 59.9. The Hall–Kier alpha value is -3.79. The molecule has 2 aromatic rings. The number of aliphatic hydroxyl groups is 1. The number of H-pyrrole nitrogens is 1. The summed E-state index contributed by atoms with van der Waals surface area (Å²) in [7, 11) is 0. The summed E-state index contributed by atoms with van der Waals surface area (Å²) in [5, 5.41) is 17.4. The summed E-state index contributed by atoms with van der Waals surface area (Å²) in [6.07, 6.45) is 10.8. The van der Waals surface area contributed by atoms with E-state index in [1.807, 2.05) is 36.4 Å². The first kappa shape index (κ1) is 36.7. The summed E-state index contributed by atoms with van der Waals surface area (Å²) in [6, 6.07) is 7.65. The molecule has 3 rings (SSSR count). The first-order chi connectivity index (χ1) is 22.1. The molecule has 0 unspecified atom stereocenters. The second kappa shape index (κ2) is 19.0. The number of nitrogens with one attached hydrogen (secondary N) is 3. The third kappa shape index (κ3) is 11.9. The summed E-state index contributed by atoms with van der Waals surface area (Å²) in [6.45, 7) is 9.78. The standard InChI is InChI=1S/C36H52N4O6/c1-5-27(24(3)4)19-32(41)30(18-26-15-11-8-12-16-26)39-35(44)31(21-29-22-37-23-38-29)40-34(43)28(17-25-13-9-7-10-14-25)20-33(42)36(45)46-6-2/h5,7,9-10,13-14,22-24,26-28,30-32,41H,1,6,8,11-12,15-21H2,2-4H3,(H,37,38)(H,39,44)(H,40,43)/t27-,28+,30-,31-,32+/m0/s1. The molecule has 0 aliphatic heterocycles. The van der Waals surface area contributed by atoms with Gasteiger partial charge in [0.2, 0.25) is 17.6 Å². The maximum absolute atomic E-state index is 14.0. The van der Waals surface area contributed by atoms with Crippen LogP contribution in [0.5, 0.6) is 0 Å². The highest BCUT2D eigenvalue weighted by Gasteiger charge is 2.33. The lowest BCUT2D eigenvalue weighted by Crippen LogP contribution is -2.55. The van der Waals surface area contributed by atoms with Crippen LogP contribution in [-0.4, -0.2) is 63.4 Å². The predicted molar refractivity (Wildman–Crippen MR) is 176 cm³/mol. The number of nitrogens with zero attached hydrogens (tertiary/aromatic N) is 1. The second-order valence-corrected chi connectivity index (χ2v) is 12.9. The van der Waals surface area contributed by atoms with Crippen molar-refractivity contribution in [3.05, 3.63) is 66.8 Å². The summed E-state index contributed by atoms with van der Waals surface area (Å²) < 4.78 is 4.88. The van der Waals surface area contributed by atoms with Crippen LogP contribution in [0.3, 0.4) is 0 Å². The minimum Gasteiger partial charge on any atom is -0.460 e. The maximum Gasteiger partial charge on any atom is 0.374 e. The Bertz CT molecular complexity index is 1240. The molecular weight excluding hydrogens is 584 g/mol. The Labute approximate surface area is 273 Å². The number of esters is 1. The van der Waals surface area contributed by atoms with E-state index in [1.165, 1.54) is 12.7 Å². The van der Waals surface area contributed by atoms with Gasteiger partial charge in [0.05, 0.1) is 30.8 Å². The molecule has 2 amide bonds. The van der Waals surface area contributed by atoms with Gasteiger partial charge in [-0.3, -0.25) is 14.4 Å². The Balaban J connectivity index is 1.84. The van der Waals surface area contributed by atoms with Crippen LogP contribution in [0, 0.1) is 23.7 Å². The van der Waals surface area contributed by atoms with Crippen molar-refractivity contribution in [1.29, 1.82) is 0 Å². The average Bonchev–Trinajstić information content (AvgIpc) is 3.56. The molecule has 1 aliphatic rings. The molecule has 1 fully saturated rings. The van der Waals surface area contributed by atoms with E-state index in [9.17, 15) is 24.3 Å². The lowest BCUT2D eigenvalue weighted by Gasteiger charge is -2.33. The number of hydrogen-bond acceptors (Lipinski definition) is 7. The number of imidazole rings is 1. The van der Waals surface area contributed by atoms with Crippen molar-refractivity contribution in [2.75, 3.05) is 6.61 Å². The van der Waals surface area contributed by atoms with Crippen LogP contribution in [-0.2, 0) is 36.8 Å². The Morgan fingerprint density at radius 2 is 1.78 bits per heavy atom. The molecule has 0 spiro atoms. The van der Waals surface area contributed by atoms with Crippen LogP contribution >= 0.6 is 0 Å². The molecule has 1 aromatic heterocycles. The van der Waals surface area contributed by atoms with E-state index in [4.69, 9.17) is 4.74 Å². The first-order valence-electron chi connectivity index (χ1n) is 16.7. The number of allylic oxidation sites excluding steroid dienone is 1. The van der Waals surface area contributed by atoms with E-state index in [0.29, 0.717) is 24.5 Å². The van der Waals surface area contributed by atoms with Gasteiger partial charge in [-0.15, -0.1) is 6.58 Å². The number of Topliss-reactive ketones (excluding diaryl/α,β-unsaturated/α-hetero) is 1. The van der Waals surface area contributed by atoms with Gasteiger partial charge in [0.1, 0.15) is 6.04 Å². The summed E-state index contributed by atoms with van der Waals surface area (Å²) in [5.74, 6) is -2.93. The zero-order valence-electron chi connectivity index (χ0n) is 27.6. The van der Waals surface area contributed by atoms with Crippen molar-refractivity contribution >= 4 is 23.6 Å². The van der Waals surface area contributed by atoms with E-state index < -0.39 is 47.7 Å². The minimum atomic E-state index is -1.03. The quantitative estimate of drug-likeness (QED) is 0.101. The van der Waals surface area contributed by atoms with Crippen LogP contribution in [0.15, 0.2) is 55.5 Å². The molecule has 0 saturated heterocycles. The number of hydrogen-bond donors (Lipinski definition) is 4. The molecule has 1 aliphatic carbocycles. The zero-order valence-corrected chi connectivity index (χ0v) is 27.6. The maximum atomic E-state index is 14.0. The Morgan fingerprint density at radius 3 is 2.39 bits per heavy atom. The number of aliphatic hydroxyl groups excluding tert-OH is 1. The number of ketones is 1. The van der Waals surface area contributed by atoms with Gasteiger partial charge in [0, 0.05) is 25.0 Å². The normalized spacial score (nSPS) is 16.9. The van der Waals surface area contributed by atoms with Crippen LogP contribution in [0.2, 0.25) is 0 Å². The Kier molecular flexibility index (Phi) is 15.2. The lowest BCUT2D eigenvalue weighted by molar-refractivity contribution is -0.154. The van der Waals surface area contributed by atoms with Crippen molar-refractivity contribution in [2.45, 2.75) is 103 Å². The van der Waals surface area contributed by atoms with Crippen LogP contribution in [0.25, 0.3) is 0 Å². The van der Waals surface area contributed by atoms with E-state index in [2.05, 4.69) is 41.0 Å². The first-order valence-corrected chi connectivity index (χ1v) is 16.7. The van der Waals surface area contributed by atoms with Gasteiger partial charge in [-0.2, -0.15) is 0 Å². The van der Waals surface area contributed by atoms with Gasteiger partial charge in [-0.05, 0) is 49.5 Å². The molecule has 10 heteroatoms. The molecule has 0 bridgehead atoms. The van der Waals surface area contributed by atoms with Crippen molar-refractivity contribution < 1.29 is 29.0 Å². The summed E-state index contributed by atoms with van der Waals surface area (Å²) >= 11 is 0. The molecule has 1 heterocycles. The van der Waals surface area contributed by atoms with E-state index in [-0.39, 0.29) is 37.7 Å². The molecule has 4 N–H and O–H groups in total. The van der Waals surface area contributed by atoms with Crippen LogP contribution < -0.4 is 10.6 Å². The molecular formula is C36H52N4O6. The van der Waals surface area contributed by atoms with Crippen molar-refractivity contribution in [2.24, 2.45) is 23.7 Å². The zero-order chi connectivity index (χ0) is 33.5. The second-order valence-electron chi connectivity index (χ2n) is 12.9. The number of amides is 2. The van der Waals surface area contributed by atoms with E-state index in [1.54, 1.807) is 13.1 Å². The smallest absolute Gasteiger partial charge is 0.374 e. The fourth-order valence-corrected chi connectivity index (χ4v) is 6.25. The molecule has 1 saturated carbocycles. The Morgan fingerprint density at radius 1 is 1.07 bits per heavy atom. The van der Waals surface area contributed by atoms with Crippen LogP contribution in [0.4, 0.5) is 0 Å². The highest BCUT2D eigenvalue weighted by atomic mass is 16.5. The molecule has 46 heavy (non-hydrogen) atoms. The van der Waals surface area contributed by atoms with Gasteiger partial charge in [0.25, 0.3) is 0 Å². The van der Waals surface area contributed by atoms with E-state index in [0.717, 1.165) is 31.2 Å². The van der Waals surface area contributed by atoms with Crippen molar-refractivity contribution in [3.63, 3.8) is 0 Å². The predicted octanol–water partition coefficient (Wildman–Crippen LogP) is 4.48. The molecule has 1 aromatic carbocycles. The van der Waals surface area contributed by atoms with Gasteiger partial charge < -0.3 is 25.5 Å². The number of aromatic nitrogens is 2.